The average Bonchev–Trinajstić information content (AvgIpc) is 2.49. The molecule has 0 saturated carbocycles. The van der Waals surface area contributed by atoms with Gasteiger partial charge in [0, 0.05) is 33.5 Å². The van der Waals surface area contributed by atoms with Crippen molar-refractivity contribution in [2.75, 3.05) is 21.2 Å². The zero-order chi connectivity index (χ0) is 15.4. The molecule has 1 aromatic carbocycles. The quantitative estimate of drug-likeness (QED) is 0.838. The summed E-state index contributed by atoms with van der Waals surface area (Å²) in [6, 6.07) is 7.57. The zero-order valence-electron chi connectivity index (χ0n) is 12.5. The van der Waals surface area contributed by atoms with E-state index >= 15 is 0 Å². The van der Waals surface area contributed by atoms with Crippen LogP contribution in [0, 0.1) is 0 Å². The maximum absolute atomic E-state index is 12.3. The van der Waals surface area contributed by atoms with Crippen LogP contribution in [0.5, 0.6) is 5.75 Å². The third-order valence-electron chi connectivity index (χ3n) is 3.35. The van der Waals surface area contributed by atoms with Gasteiger partial charge >= 0.3 is 0 Å². The lowest BCUT2D eigenvalue weighted by Gasteiger charge is -2.23. The Hall–Kier alpha value is -2.37. The van der Waals surface area contributed by atoms with Crippen LogP contribution in [0.1, 0.15) is 18.4 Å². The lowest BCUT2D eigenvalue weighted by atomic mass is 10.1. The maximum Gasteiger partial charge on any atom is 0.270 e. The van der Waals surface area contributed by atoms with Gasteiger partial charge in [0.1, 0.15) is 11.5 Å². The fraction of sp³-hybridized carbons (Fsp3) is 0.400. The number of carbonyl (C=O) groups is 2. The first-order valence-electron chi connectivity index (χ1n) is 6.73. The molecule has 112 valence electrons. The monoisotopic (exact) mass is 289 g/mol. The van der Waals surface area contributed by atoms with Crippen LogP contribution in [-0.2, 0) is 16.1 Å². The molecule has 0 saturated heterocycles. The second-order valence-corrected chi connectivity index (χ2v) is 4.98. The Morgan fingerprint density at radius 3 is 2.86 bits per heavy atom. The predicted octanol–water partition coefficient (Wildman–Crippen LogP) is 1.26. The van der Waals surface area contributed by atoms with Crippen LogP contribution >= 0.6 is 0 Å². The van der Waals surface area contributed by atoms with Crippen molar-refractivity contribution in [3.63, 3.8) is 0 Å². The van der Waals surface area contributed by atoms with E-state index in [4.69, 9.17) is 4.74 Å². The summed E-state index contributed by atoms with van der Waals surface area (Å²) in [4.78, 5) is 25.3. The van der Waals surface area contributed by atoms with Crippen molar-refractivity contribution in [2.24, 2.45) is 5.10 Å². The molecule has 0 aliphatic carbocycles. The summed E-state index contributed by atoms with van der Waals surface area (Å²) >= 11 is 0. The smallest absolute Gasteiger partial charge is 0.270 e. The molecule has 0 aromatic heterocycles. The molecule has 6 heteroatoms. The Labute approximate surface area is 124 Å². The SMILES string of the molecule is COc1cccc(CN(C)C(=O)C2=NN(C)C(=O)CC2)c1. The molecule has 0 radical (unpaired) electrons. The molecule has 0 atom stereocenters. The minimum Gasteiger partial charge on any atom is -0.497 e. The lowest BCUT2D eigenvalue weighted by molar-refractivity contribution is -0.130. The Morgan fingerprint density at radius 2 is 2.19 bits per heavy atom. The summed E-state index contributed by atoms with van der Waals surface area (Å²) in [6.07, 6.45) is 0.721. The highest BCUT2D eigenvalue weighted by atomic mass is 16.5. The van der Waals surface area contributed by atoms with Gasteiger partial charge in [-0.1, -0.05) is 12.1 Å². The predicted molar refractivity (Wildman–Crippen MR) is 78.9 cm³/mol. The summed E-state index contributed by atoms with van der Waals surface area (Å²) in [7, 11) is 4.90. The van der Waals surface area contributed by atoms with E-state index in [1.54, 1.807) is 26.1 Å². The van der Waals surface area contributed by atoms with E-state index in [1.165, 1.54) is 5.01 Å². The van der Waals surface area contributed by atoms with E-state index in [2.05, 4.69) is 5.10 Å². The Bertz CT molecular complexity index is 583. The van der Waals surface area contributed by atoms with E-state index in [9.17, 15) is 9.59 Å². The molecular formula is C15H19N3O3. The number of nitrogens with zero attached hydrogens (tertiary/aromatic N) is 3. The molecular weight excluding hydrogens is 270 g/mol. The van der Waals surface area contributed by atoms with E-state index in [1.807, 2.05) is 24.3 Å². The molecule has 0 unspecified atom stereocenters. The number of ether oxygens (including phenoxy) is 1. The van der Waals surface area contributed by atoms with Gasteiger partial charge in [0.2, 0.25) is 5.91 Å². The number of hydrazone groups is 1. The molecule has 0 fully saturated rings. The highest BCUT2D eigenvalue weighted by Gasteiger charge is 2.24. The van der Waals surface area contributed by atoms with Crippen LogP contribution < -0.4 is 4.74 Å². The van der Waals surface area contributed by atoms with Crippen molar-refractivity contribution in [1.82, 2.24) is 9.91 Å². The largest absolute Gasteiger partial charge is 0.497 e. The summed E-state index contributed by atoms with van der Waals surface area (Å²) in [5, 5.41) is 5.28. The molecule has 1 aromatic rings. The van der Waals surface area contributed by atoms with Crippen molar-refractivity contribution < 1.29 is 14.3 Å². The number of hydrogen-bond acceptors (Lipinski definition) is 4. The van der Waals surface area contributed by atoms with E-state index in [0.29, 0.717) is 25.1 Å². The molecule has 0 bridgehead atoms. The number of methoxy groups -OCH3 is 1. The second kappa shape index (κ2) is 6.39. The highest BCUT2D eigenvalue weighted by molar-refractivity contribution is 6.39. The summed E-state index contributed by atoms with van der Waals surface area (Å²) in [5.74, 6) is 0.535. The van der Waals surface area contributed by atoms with Gasteiger partial charge in [0.05, 0.1) is 7.11 Å². The minimum absolute atomic E-state index is 0.0676. The highest BCUT2D eigenvalue weighted by Crippen LogP contribution is 2.15. The number of hydrogen-bond donors (Lipinski definition) is 0. The summed E-state index contributed by atoms with van der Waals surface area (Å²) < 4.78 is 5.17. The van der Waals surface area contributed by atoms with Crippen LogP contribution in [0.25, 0.3) is 0 Å². The van der Waals surface area contributed by atoms with Gasteiger partial charge in [0.25, 0.3) is 5.91 Å². The molecule has 1 heterocycles. The molecule has 21 heavy (non-hydrogen) atoms. The molecule has 6 nitrogen and oxygen atoms in total. The Kier molecular flexibility index (Phi) is 4.57. The number of carbonyl (C=O) groups excluding carboxylic acids is 2. The van der Waals surface area contributed by atoms with Crippen LogP contribution in [-0.4, -0.2) is 48.6 Å². The Balaban J connectivity index is 2.06. The van der Waals surface area contributed by atoms with E-state index in [-0.39, 0.29) is 11.8 Å². The topological polar surface area (TPSA) is 62.2 Å². The molecule has 1 aliphatic heterocycles. The van der Waals surface area contributed by atoms with Crippen LogP contribution in [0.4, 0.5) is 0 Å². The summed E-state index contributed by atoms with van der Waals surface area (Å²) in [5.41, 5.74) is 1.40. The normalized spacial score (nSPS) is 14.7. The van der Waals surface area contributed by atoms with Crippen molar-refractivity contribution in [1.29, 1.82) is 0 Å². The molecule has 0 N–H and O–H groups in total. The molecule has 2 rings (SSSR count). The van der Waals surface area contributed by atoms with Gasteiger partial charge in [-0.05, 0) is 17.7 Å². The second-order valence-electron chi connectivity index (χ2n) is 4.98. The molecule has 2 amide bonds. The number of amides is 2. The number of benzene rings is 1. The lowest BCUT2D eigenvalue weighted by Crippen LogP contribution is -2.38. The standard InChI is InChI=1S/C15H19N3O3/c1-17(10-11-5-4-6-12(9-11)21-3)15(20)13-7-8-14(19)18(2)16-13/h4-6,9H,7-8,10H2,1-3H3. The fourth-order valence-corrected chi connectivity index (χ4v) is 2.16. The van der Waals surface area contributed by atoms with Gasteiger partial charge in [-0.3, -0.25) is 9.59 Å². The van der Waals surface area contributed by atoms with Crippen molar-refractivity contribution >= 4 is 17.5 Å². The van der Waals surface area contributed by atoms with Crippen LogP contribution in [0.2, 0.25) is 0 Å². The third kappa shape index (κ3) is 3.59. The van der Waals surface area contributed by atoms with Crippen molar-refractivity contribution in [3.05, 3.63) is 29.8 Å². The number of rotatable bonds is 4. The third-order valence-corrected chi connectivity index (χ3v) is 3.35. The van der Waals surface area contributed by atoms with Gasteiger partial charge in [-0.2, -0.15) is 5.10 Å². The maximum atomic E-state index is 12.3. The van der Waals surface area contributed by atoms with Crippen molar-refractivity contribution in [2.45, 2.75) is 19.4 Å². The van der Waals surface area contributed by atoms with Gasteiger partial charge in [-0.15, -0.1) is 0 Å². The molecule has 0 spiro atoms. The zero-order valence-corrected chi connectivity index (χ0v) is 12.5. The van der Waals surface area contributed by atoms with Gasteiger partial charge in [-0.25, -0.2) is 5.01 Å². The van der Waals surface area contributed by atoms with Gasteiger partial charge < -0.3 is 9.64 Å². The van der Waals surface area contributed by atoms with Crippen molar-refractivity contribution in [3.8, 4) is 5.75 Å². The van der Waals surface area contributed by atoms with Crippen LogP contribution in [0.3, 0.4) is 0 Å². The first kappa shape index (κ1) is 15.0. The first-order chi connectivity index (χ1) is 10.0. The summed E-state index contributed by atoms with van der Waals surface area (Å²) in [6.45, 7) is 0.465. The Morgan fingerprint density at radius 1 is 1.43 bits per heavy atom. The van der Waals surface area contributed by atoms with Gasteiger partial charge in [0.15, 0.2) is 0 Å². The first-order valence-corrected chi connectivity index (χ1v) is 6.73. The minimum atomic E-state index is -0.155. The average molecular weight is 289 g/mol. The van der Waals surface area contributed by atoms with E-state index < -0.39 is 0 Å². The van der Waals surface area contributed by atoms with Crippen LogP contribution in [0.15, 0.2) is 29.4 Å². The molecule has 1 aliphatic rings. The van der Waals surface area contributed by atoms with E-state index in [0.717, 1.165) is 11.3 Å². The fourth-order valence-electron chi connectivity index (χ4n) is 2.16.